The Bertz CT molecular complexity index is 1550. The standard InChI is InChI=1S/C26H26N6O/c1-3-4-5-10-15-31-17-27-24-22(26(31)33)23-25(30-21-14-9-8-13-20(21)29-23)32(24)28-16-19-12-7-6-11-18(19)2/h6-9,11-14,16-17H,3-5,10,15H2,1-2H3/p+1/b28-16+. The van der Waals surface area contributed by atoms with Gasteiger partial charge in [-0.3, -0.25) is 0 Å². The van der Waals surface area contributed by atoms with Gasteiger partial charge in [0.05, 0.1) is 23.8 Å². The van der Waals surface area contributed by atoms with Gasteiger partial charge >= 0.3 is 5.56 Å². The first-order valence-corrected chi connectivity index (χ1v) is 11.5. The van der Waals surface area contributed by atoms with Gasteiger partial charge in [0.2, 0.25) is 5.65 Å². The third kappa shape index (κ3) is 3.91. The number of para-hydroxylation sites is 2. The highest BCUT2D eigenvalue weighted by atomic mass is 16.1. The molecule has 0 unspecified atom stereocenters. The quantitative estimate of drug-likeness (QED) is 0.277. The summed E-state index contributed by atoms with van der Waals surface area (Å²) in [7, 11) is 0. The van der Waals surface area contributed by atoms with Crippen LogP contribution in [0.3, 0.4) is 0 Å². The number of rotatable bonds is 7. The summed E-state index contributed by atoms with van der Waals surface area (Å²) in [4.78, 5) is 26.4. The minimum Gasteiger partial charge on any atom is -0.250 e. The lowest BCUT2D eigenvalue weighted by atomic mass is 10.1. The summed E-state index contributed by atoms with van der Waals surface area (Å²) in [5.41, 5.74) is 5.30. The highest BCUT2D eigenvalue weighted by molar-refractivity contribution is 6.03. The summed E-state index contributed by atoms with van der Waals surface area (Å²) in [5.74, 6) is 0. The number of hydrogen-bond donors (Lipinski definition) is 0. The molecule has 0 aliphatic heterocycles. The van der Waals surface area contributed by atoms with E-state index in [4.69, 9.17) is 15.1 Å². The molecule has 7 heteroatoms. The van der Waals surface area contributed by atoms with E-state index in [0.717, 1.165) is 41.4 Å². The number of nitrogens with one attached hydrogen (secondary N) is 1. The van der Waals surface area contributed by atoms with E-state index >= 15 is 0 Å². The Morgan fingerprint density at radius 1 is 1.00 bits per heavy atom. The summed E-state index contributed by atoms with van der Waals surface area (Å²) in [6.45, 7) is 4.90. The van der Waals surface area contributed by atoms with Gasteiger partial charge in [0.1, 0.15) is 5.52 Å². The fourth-order valence-corrected chi connectivity index (χ4v) is 4.15. The van der Waals surface area contributed by atoms with Crippen LogP contribution in [0.2, 0.25) is 0 Å². The minimum absolute atomic E-state index is 0.0697. The van der Waals surface area contributed by atoms with E-state index in [9.17, 15) is 4.79 Å². The zero-order valence-corrected chi connectivity index (χ0v) is 19.0. The normalized spacial score (nSPS) is 11.9. The molecule has 7 nitrogen and oxygen atoms in total. The number of fused-ring (bicyclic) bond motifs is 4. The Labute approximate surface area is 191 Å². The predicted octanol–water partition coefficient (Wildman–Crippen LogP) is 4.48. The molecule has 0 fully saturated rings. The van der Waals surface area contributed by atoms with Crippen LogP contribution in [0, 0.1) is 6.92 Å². The third-order valence-electron chi connectivity index (χ3n) is 6.02. The molecular formula is C26H27N6O+. The number of unbranched alkanes of at least 4 members (excludes halogenated alkanes) is 3. The number of H-pyrrole nitrogens is 1. The molecule has 3 heterocycles. The number of aromatic nitrogens is 5. The molecule has 0 saturated carbocycles. The van der Waals surface area contributed by atoms with Gasteiger partial charge in [0.15, 0.2) is 11.7 Å². The maximum atomic E-state index is 13.5. The molecular weight excluding hydrogens is 412 g/mol. The molecule has 3 aromatic heterocycles. The molecule has 0 bridgehead atoms. The highest BCUT2D eigenvalue weighted by Crippen LogP contribution is 2.24. The number of aromatic amines is 1. The molecule has 1 N–H and O–H groups in total. The third-order valence-corrected chi connectivity index (χ3v) is 6.02. The van der Waals surface area contributed by atoms with Crippen LogP contribution in [0.25, 0.3) is 33.2 Å². The topological polar surface area (TPSA) is 79.2 Å². The van der Waals surface area contributed by atoms with Crippen LogP contribution in [0.5, 0.6) is 0 Å². The lowest BCUT2D eigenvalue weighted by Gasteiger charge is -2.01. The van der Waals surface area contributed by atoms with Crippen molar-refractivity contribution in [2.45, 2.75) is 46.1 Å². The number of hydrogen-bond acceptors (Lipinski definition) is 4. The Kier molecular flexibility index (Phi) is 5.69. The fraction of sp³-hybridized carbons (Fsp3) is 0.269. The van der Waals surface area contributed by atoms with Gasteiger partial charge < -0.3 is 0 Å². The Hall–Kier alpha value is -3.87. The maximum absolute atomic E-state index is 13.5. The summed E-state index contributed by atoms with van der Waals surface area (Å²) in [5, 5.41) is 5.24. The van der Waals surface area contributed by atoms with Crippen LogP contribution >= 0.6 is 0 Å². The van der Waals surface area contributed by atoms with Crippen molar-refractivity contribution in [1.82, 2.24) is 19.2 Å². The minimum atomic E-state index is -0.0697. The van der Waals surface area contributed by atoms with E-state index in [1.807, 2.05) is 55.5 Å². The molecule has 5 rings (SSSR count). The summed E-state index contributed by atoms with van der Waals surface area (Å²) >= 11 is 0. The van der Waals surface area contributed by atoms with Crippen LogP contribution in [-0.2, 0) is 6.54 Å². The molecule has 166 valence electrons. The predicted molar refractivity (Wildman–Crippen MR) is 132 cm³/mol. The lowest BCUT2D eigenvalue weighted by molar-refractivity contribution is -0.357. The van der Waals surface area contributed by atoms with E-state index in [1.165, 1.54) is 6.42 Å². The van der Waals surface area contributed by atoms with E-state index in [1.54, 1.807) is 21.8 Å². The lowest BCUT2D eigenvalue weighted by Crippen LogP contribution is -2.26. The SMILES string of the molecule is CCCCCCn1c[nH+]c2c(c1=O)c1nc3ccccc3nc1n2/N=C/c1ccccc1C. The van der Waals surface area contributed by atoms with Crippen LogP contribution in [0.1, 0.15) is 43.7 Å². The van der Waals surface area contributed by atoms with Crippen molar-refractivity contribution < 1.29 is 4.98 Å². The summed E-state index contributed by atoms with van der Waals surface area (Å²) < 4.78 is 3.43. The molecule has 0 spiro atoms. The van der Waals surface area contributed by atoms with E-state index in [0.29, 0.717) is 28.7 Å². The number of nitrogens with zero attached hydrogens (tertiary/aromatic N) is 5. The first-order valence-electron chi connectivity index (χ1n) is 11.5. The van der Waals surface area contributed by atoms with Gasteiger partial charge in [0.25, 0.3) is 5.65 Å². The molecule has 0 radical (unpaired) electrons. The van der Waals surface area contributed by atoms with Gasteiger partial charge in [-0.15, -0.1) is 9.78 Å². The second kappa shape index (κ2) is 8.94. The van der Waals surface area contributed by atoms with Crippen molar-refractivity contribution >= 4 is 39.4 Å². The van der Waals surface area contributed by atoms with Gasteiger partial charge in [-0.2, -0.15) is 0 Å². The van der Waals surface area contributed by atoms with E-state index in [2.05, 4.69) is 11.9 Å². The smallest absolute Gasteiger partial charge is 0.250 e. The van der Waals surface area contributed by atoms with Gasteiger partial charge in [0, 0.05) is 0 Å². The van der Waals surface area contributed by atoms with Gasteiger partial charge in [-0.05, 0) is 36.6 Å². The fourth-order valence-electron chi connectivity index (χ4n) is 4.15. The molecule has 0 atom stereocenters. The van der Waals surface area contributed by atoms with Gasteiger partial charge in [-0.1, -0.05) is 62.6 Å². The average molecular weight is 440 g/mol. The number of benzene rings is 2. The van der Waals surface area contributed by atoms with Crippen molar-refractivity contribution in [3.63, 3.8) is 0 Å². The first kappa shape index (κ1) is 21.0. The Balaban J connectivity index is 1.72. The maximum Gasteiger partial charge on any atom is 0.322 e. The number of aryl methyl sites for hydroxylation is 2. The van der Waals surface area contributed by atoms with Crippen LogP contribution < -0.4 is 10.5 Å². The van der Waals surface area contributed by atoms with Gasteiger partial charge in [-0.25, -0.2) is 24.3 Å². The molecule has 0 aliphatic carbocycles. The zero-order chi connectivity index (χ0) is 22.8. The van der Waals surface area contributed by atoms with Crippen LogP contribution in [-0.4, -0.2) is 25.4 Å². The summed E-state index contributed by atoms with van der Waals surface area (Å²) in [6, 6.07) is 15.7. The van der Waals surface area contributed by atoms with Crippen molar-refractivity contribution in [3.05, 3.63) is 76.3 Å². The Morgan fingerprint density at radius 3 is 2.55 bits per heavy atom. The largest absolute Gasteiger partial charge is 0.322 e. The Morgan fingerprint density at radius 2 is 1.76 bits per heavy atom. The van der Waals surface area contributed by atoms with Crippen molar-refractivity contribution in [2.24, 2.45) is 5.10 Å². The summed E-state index contributed by atoms with van der Waals surface area (Å²) in [6.07, 6.45) is 7.95. The first-order chi connectivity index (χ1) is 16.2. The van der Waals surface area contributed by atoms with E-state index in [-0.39, 0.29) is 5.56 Å². The van der Waals surface area contributed by atoms with Crippen molar-refractivity contribution in [1.29, 1.82) is 0 Å². The van der Waals surface area contributed by atoms with Crippen molar-refractivity contribution in [3.8, 4) is 0 Å². The van der Waals surface area contributed by atoms with Crippen LogP contribution in [0.15, 0.2) is 64.8 Å². The average Bonchev–Trinajstić information content (AvgIpc) is 3.14. The zero-order valence-electron chi connectivity index (χ0n) is 19.0. The van der Waals surface area contributed by atoms with Crippen molar-refractivity contribution in [2.75, 3.05) is 0 Å². The van der Waals surface area contributed by atoms with Crippen LogP contribution in [0.4, 0.5) is 0 Å². The monoisotopic (exact) mass is 439 g/mol. The molecule has 0 aliphatic rings. The van der Waals surface area contributed by atoms with E-state index < -0.39 is 0 Å². The highest BCUT2D eigenvalue weighted by Gasteiger charge is 2.24. The molecule has 0 amide bonds. The molecule has 0 saturated heterocycles. The molecule has 33 heavy (non-hydrogen) atoms. The molecule has 2 aromatic carbocycles. The second-order valence-corrected chi connectivity index (χ2v) is 8.35. The molecule has 5 aromatic rings. The second-order valence-electron chi connectivity index (χ2n) is 8.35.